The molecule has 98 valence electrons. The highest BCUT2D eigenvalue weighted by molar-refractivity contribution is 5.85. The minimum absolute atomic E-state index is 0. The van der Waals surface area contributed by atoms with Gasteiger partial charge in [-0.25, -0.2) is 8.78 Å². The van der Waals surface area contributed by atoms with Crippen molar-refractivity contribution in [1.82, 2.24) is 0 Å². The van der Waals surface area contributed by atoms with Gasteiger partial charge in [0.1, 0.15) is 0 Å². The first-order valence-electron chi connectivity index (χ1n) is 5.48. The van der Waals surface area contributed by atoms with Crippen molar-refractivity contribution < 1.29 is 8.78 Å². The van der Waals surface area contributed by atoms with Crippen molar-refractivity contribution in [3.05, 3.63) is 34.9 Å². The van der Waals surface area contributed by atoms with E-state index in [4.69, 9.17) is 11.5 Å². The highest BCUT2D eigenvalue weighted by Crippen LogP contribution is 2.23. The molecule has 0 bridgehead atoms. The fraction of sp³-hybridized carbons (Fsp3) is 0.500. The van der Waals surface area contributed by atoms with E-state index in [-0.39, 0.29) is 18.0 Å². The summed E-state index contributed by atoms with van der Waals surface area (Å²) in [7, 11) is 0. The minimum Gasteiger partial charge on any atom is -0.330 e. The number of unbranched alkanes of at least 4 members (excludes halogenated alkanes) is 1. The molecule has 2 nitrogen and oxygen atoms in total. The molecule has 1 rings (SSSR count). The third kappa shape index (κ3) is 4.22. The number of nitrogens with two attached hydrogens (primary N) is 2. The summed E-state index contributed by atoms with van der Waals surface area (Å²) in [5, 5.41) is 0. The van der Waals surface area contributed by atoms with Crippen LogP contribution in [0.25, 0.3) is 0 Å². The van der Waals surface area contributed by atoms with Crippen molar-refractivity contribution >= 4 is 12.4 Å². The van der Waals surface area contributed by atoms with Gasteiger partial charge in [0.2, 0.25) is 0 Å². The Morgan fingerprint density at radius 3 is 2.41 bits per heavy atom. The number of aryl methyl sites for hydroxylation is 1. The van der Waals surface area contributed by atoms with E-state index in [1.807, 2.05) is 0 Å². The first-order chi connectivity index (χ1) is 7.57. The normalized spacial score (nSPS) is 12.1. The van der Waals surface area contributed by atoms with Gasteiger partial charge >= 0.3 is 0 Å². The molecule has 0 unspecified atom stereocenters. The third-order valence-corrected chi connectivity index (χ3v) is 2.67. The summed E-state index contributed by atoms with van der Waals surface area (Å²) in [4.78, 5) is 0. The van der Waals surface area contributed by atoms with Gasteiger partial charge in [-0.15, -0.1) is 12.4 Å². The molecule has 0 radical (unpaired) electrons. The lowest BCUT2D eigenvalue weighted by atomic mass is 10.00. The van der Waals surface area contributed by atoms with Crippen LogP contribution in [0.4, 0.5) is 8.78 Å². The number of rotatable bonds is 5. The molecular weight excluding hydrogens is 246 g/mol. The largest absolute Gasteiger partial charge is 0.330 e. The van der Waals surface area contributed by atoms with Gasteiger partial charge < -0.3 is 11.5 Å². The maximum Gasteiger partial charge on any atom is 0.163 e. The van der Waals surface area contributed by atoms with Crippen molar-refractivity contribution in [1.29, 1.82) is 0 Å². The van der Waals surface area contributed by atoms with E-state index < -0.39 is 17.7 Å². The second-order valence-corrected chi connectivity index (χ2v) is 3.99. The smallest absolute Gasteiger partial charge is 0.163 e. The predicted octanol–water partition coefficient (Wildman–Crippen LogP) is 2.82. The number of hydrogen-bond acceptors (Lipinski definition) is 2. The van der Waals surface area contributed by atoms with Gasteiger partial charge in [0.25, 0.3) is 0 Å². The third-order valence-electron chi connectivity index (χ3n) is 2.67. The van der Waals surface area contributed by atoms with Gasteiger partial charge in [-0.2, -0.15) is 0 Å². The summed E-state index contributed by atoms with van der Waals surface area (Å²) in [6, 6.07) is 2.65. The predicted molar refractivity (Wildman–Crippen MR) is 68.2 cm³/mol. The van der Waals surface area contributed by atoms with E-state index in [2.05, 4.69) is 0 Å². The molecule has 0 spiro atoms. The lowest BCUT2D eigenvalue weighted by Crippen LogP contribution is -2.14. The fourth-order valence-electron chi connectivity index (χ4n) is 1.61. The molecule has 1 atom stereocenters. The Balaban J connectivity index is 0.00000256. The van der Waals surface area contributed by atoms with Gasteiger partial charge in [-0.3, -0.25) is 0 Å². The van der Waals surface area contributed by atoms with Crippen LogP contribution < -0.4 is 11.5 Å². The number of benzene rings is 1. The summed E-state index contributed by atoms with van der Waals surface area (Å²) < 4.78 is 26.8. The van der Waals surface area contributed by atoms with Crippen molar-refractivity contribution in [2.75, 3.05) is 6.54 Å². The molecule has 0 saturated heterocycles. The molecule has 0 heterocycles. The molecule has 0 saturated carbocycles. The molecule has 1 aromatic rings. The quantitative estimate of drug-likeness (QED) is 0.804. The number of halogens is 3. The second kappa shape index (κ2) is 7.58. The van der Waals surface area contributed by atoms with Gasteiger partial charge in [-0.05, 0) is 31.9 Å². The van der Waals surface area contributed by atoms with Crippen LogP contribution >= 0.6 is 12.4 Å². The maximum atomic E-state index is 13.5. The Morgan fingerprint density at radius 1 is 1.18 bits per heavy atom. The van der Waals surface area contributed by atoms with Gasteiger partial charge in [0.05, 0.1) is 0 Å². The zero-order valence-electron chi connectivity index (χ0n) is 9.88. The van der Waals surface area contributed by atoms with Gasteiger partial charge in [0.15, 0.2) is 11.6 Å². The molecule has 4 N–H and O–H groups in total. The molecule has 0 aromatic heterocycles. The Labute approximate surface area is 107 Å². The summed E-state index contributed by atoms with van der Waals surface area (Å²) in [5.41, 5.74) is 11.7. The molecule has 0 fully saturated rings. The fourth-order valence-corrected chi connectivity index (χ4v) is 1.61. The van der Waals surface area contributed by atoms with Crippen molar-refractivity contribution in [3.63, 3.8) is 0 Å². The molecule has 0 aliphatic carbocycles. The summed E-state index contributed by atoms with van der Waals surface area (Å²) >= 11 is 0. The maximum absolute atomic E-state index is 13.5. The highest BCUT2D eigenvalue weighted by atomic mass is 35.5. The molecular formula is C12H19ClF2N2. The van der Waals surface area contributed by atoms with Crippen LogP contribution in [0.15, 0.2) is 12.1 Å². The van der Waals surface area contributed by atoms with Crippen molar-refractivity contribution in [2.45, 2.75) is 32.2 Å². The number of hydrogen-bond donors (Lipinski definition) is 2. The molecule has 5 heteroatoms. The minimum atomic E-state index is -0.819. The van der Waals surface area contributed by atoms with E-state index >= 15 is 0 Å². The molecule has 0 aliphatic rings. The molecule has 0 aliphatic heterocycles. The Kier molecular flexibility index (Phi) is 7.27. The first kappa shape index (κ1) is 16.3. The average Bonchev–Trinajstić information content (AvgIpc) is 2.26. The summed E-state index contributed by atoms with van der Waals surface area (Å²) in [5.74, 6) is -1.62. The Morgan fingerprint density at radius 2 is 1.82 bits per heavy atom. The summed E-state index contributed by atoms with van der Waals surface area (Å²) in [6.45, 7) is 2.12. The van der Waals surface area contributed by atoms with Crippen molar-refractivity contribution in [2.24, 2.45) is 11.5 Å². The van der Waals surface area contributed by atoms with Crippen molar-refractivity contribution in [3.8, 4) is 0 Å². The van der Waals surface area contributed by atoms with E-state index in [9.17, 15) is 8.78 Å². The lowest BCUT2D eigenvalue weighted by molar-refractivity contribution is 0.475. The molecule has 1 aromatic carbocycles. The second-order valence-electron chi connectivity index (χ2n) is 3.99. The van der Waals surface area contributed by atoms with Crippen LogP contribution in [0.2, 0.25) is 0 Å². The lowest BCUT2D eigenvalue weighted by Gasteiger charge is -2.13. The van der Waals surface area contributed by atoms with Gasteiger partial charge in [-0.1, -0.05) is 18.6 Å². The highest BCUT2D eigenvalue weighted by Gasteiger charge is 2.15. The van der Waals surface area contributed by atoms with Crippen LogP contribution in [0.3, 0.4) is 0 Å². The Bertz CT molecular complexity index is 359. The van der Waals surface area contributed by atoms with Crippen LogP contribution in [-0.4, -0.2) is 6.54 Å². The monoisotopic (exact) mass is 264 g/mol. The summed E-state index contributed by atoms with van der Waals surface area (Å²) in [6.07, 6.45) is 2.30. The van der Waals surface area contributed by atoms with E-state index in [1.165, 1.54) is 6.92 Å². The van der Waals surface area contributed by atoms with E-state index in [0.29, 0.717) is 18.5 Å². The van der Waals surface area contributed by atoms with Crippen LogP contribution in [0, 0.1) is 18.6 Å². The molecule has 0 amide bonds. The van der Waals surface area contributed by atoms with Crippen LogP contribution in [-0.2, 0) is 0 Å². The van der Waals surface area contributed by atoms with E-state index in [1.54, 1.807) is 12.1 Å². The Hall–Kier alpha value is -0.710. The first-order valence-corrected chi connectivity index (χ1v) is 5.48. The topological polar surface area (TPSA) is 52.0 Å². The van der Waals surface area contributed by atoms with E-state index in [0.717, 1.165) is 12.8 Å². The zero-order valence-corrected chi connectivity index (χ0v) is 10.7. The van der Waals surface area contributed by atoms with Gasteiger partial charge in [0, 0.05) is 11.6 Å². The standard InChI is InChI=1S/C12H18F2N2.ClH/c1-8-5-6-9(12(14)11(8)13)10(16)4-2-3-7-15;/h5-6,10H,2-4,7,15-16H2,1H3;1H/t10-;/m0./s1. The SMILES string of the molecule is Cc1ccc([C@@H](N)CCCCN)c(F)c1F.Cl. The zero-order chi connectivity index (χ0) is 12.1. The average molecular weight is 265 g/mol. The van der Waals surface area contributed by atoms with Crippen LogP contribution in [0.5, 0.6) is 0 Å². The molecule has 17 heavy (non-hydrogen) atoms. The van der Waals surface area contributed by atoms with Crippen LogP contribution in [0.1, 0.15) is 36.4 Å².